The lowest BCUT2D eigenvalue weighted by Gasteiger charge is -2.18. The monoisotopic (exact) mass is 308 g/mol. The SMILES string of the molecule is CSCCN(C)S(=O)(=O)c1cc(N)c(Cl)cc1C. The van der Waals surface area contributed by atoms with Crippen molar-refractivity contribution in [3.63, 3.8) is 0 Å². The summed E-state index contributed by atoms with van der Waals surface area (Å²) in [5.41, 5.74) is 6.55. The van der Waals surface area contributed by atoms with E-state index in [9.17, 15) is 8.42 Å². The molecule has 0 amide bonds. The number of sulfonamides is 1. The number of hydrogen-bond donors (Lipinski definition) is 1. The minimum atomic E-state index is -3.50. The Morgan fingerprint density at radius 3 is 2.61 bits per heavy atom. The minimum absolute atomic E-state index is 0.216. The third kappa shape index (κ3) is 3.32. The molecule has 1 aromatic carbocycles. The molecule has 0 aliphatic rings. The molecular formula is C11H17ClN2O2S2. The zero-order valence-corrected chi connectivity index (χ0v) is 13.0. The summed E-state index contributed by atoms with van der Waals surface area (Å²) < 4.78 is 26.0. The summed E-state index contributed by atoms with van der Waals surface area (Å²) in [6.45, 7) is 2.17. The first-order valence-corrected chi connectivity index (χ1v) is 8.52. The summed E-state index contributed by atoms with van der Waals surface area (Å²) in [6.07, 6.45) is 1.94. The van der Waals surface area contributed by atoms with Crippen LogP contribution in [-0.4, -0.2) is 38.3 Å². The van der Waals surface area contributed by atoms with Gasteiger partial charge in [-0.05, 0) is 30.9 Å². The van der Waals surface area contributed by atoms with Crippen LogP contribution in [0.25, 0.3) is 0 Å². The van der Waals surface area contributed by atoms with E-state index in [1.54, 1.807) is 31.8 Å². The lowest BCUT2D eigenvalue weighted by Crippen LogP contribution is -2.29. The van der Waals surface area contributed by atoms with Crippen molar-refractivity contribution in [1.29, 1.82) is 0 Å². The molecule has 1 aromatic rings. The fourth-order valence-electron chi connectivity index (χ4n) is 1.45. The standard InChI is InChI=1S/C11H17ClN2O2S2/c1-8-6-9(12)10(13)7-11(8)18(15,16)14(2)4-5-17-3/h6-7H,4-5,13H2,1-3H3. The molecule has 0 spiro atoms. The Morgan fingerprint density at radius 1 is 1.44 bits per heavy atom. The van der Waals surface area contributed by atoms with Crippen LogP contribution < -0.4 is 5.73 Å². The third-order valence-electron chi connectivity index (χ3n) is 2.59. The summed E-state index contributed by atoms with van der Waals surface area (Å²) in [6, 6.07) is 2.99. The van der Waals surface area contributed by atoms with Gasteiger partial charge in [0.05, 0.1) is 15.6 Å². The Kier molecular flexibility index (Phi) is 5.33. The van der Waals surface area contributed by atoms with Crippen molar-refractivity contribution in [3.8, 4) is 0 Å². The second kappa shape index (κ2) is 6.14. The summed E-state index contributed by atoms with van der Waals surface area (Å²) in [5.74, 6) is 0.748. The van der Waals surface area contributed by atoms with Gasteiger partial charge in [0.15, 0.2) is 0 Å². The van der Waals surface area contributed by atoms with E-state index in [4.69, 9.17) is 17.3 Å². The van der Waals surface area contributed by atoms with Gasteiger partial charge in [-0.1, -0.05) is 11.6 Å². The Balaban J connectivity index is 3.16. The molecule has 4 nitrogen and oxygen atoms in total. The summed E-state index contributed by atoms with van der Waals surface area (Å²) in [7, 11) is -1.93. The van der Waals surface area contributed by atoms with Crippen LogP contribution in [-0.2, 0) is 10.0 Å². The van der Waals surface area contributed by atoms with Gasteiger partial charge in [-0.3, -0.25) is 0 Å². The van der Waals surface area contributed by atoms with Crippen molar-refractivity contribution in [2.75, 3.05) is 31.3 Å². The quantitative estimate of drug-likeness (QED) is 0.847. The lowest BCUT2D eigenvalue weighted by molar-refractivity contribution is 0.488. The number of halogens is 1. The van der Waals surface area contributed by atoms with Gasteiger partial charge in [0.1, 0.15) is 0 Å². The fourth-order valence-corrected chi connectivity index (χ4v) is 3.65. The van der Waals surface area contributed by atoms with E-state index in [2.05, 4.69) is 0 Å². The normalized spacial score (nSPS) is 12.1. The average Bonchev–Trinajstić information content (AvgIpc) is 2.30. The number of nitrogens with zero attached hydrogens (tertiary/aromatic N) is 1. The van der Waals surface area contributed by atoms with E-state index in [1.807, 2.05) is 6.26 Å². The van der Waals surface area contributed by atoms with Crippen molar-refractivity contribution >= 4 is 39.1 Å². The van der Waals surface area contributed by atoms with Gasteiger partial charge in [-0.2, -0.15) is 11.8 Å². The van der Waals surface area contributed by atoms with Crippen molar-refractivity contribution in [2.24, 2.45) is 0 Å². The molecule has 0 aromatic heterocycles. The molecule has 102 valence electrons. The molecule has 18 heavy (non-hydrogen) atoms. The van der Waals surface area contributed by atoms with E-state index >= 15 is 0 Å². The van der Waals surface area contributed by atoms with Gasteiger partial charge < -0.3 is 5.73 Å². The molecule has 0 bridgehead atoms. The first-order valence-electron chi connectivity index (χ1n) is 5.31. The van der Waals surface area contributed by atoms with Crippen LogP contribution in [0, 0.1) is 6.92 Å². The maximum absolute atomic E-state index is 12.3. The Morgan fingerprint density at radius 2 is 2.06 bits per heavy atom. The molecule has 0 aliphatic heterocycles. The molecule has 0 fully saturated rings. The van der Waals surface area contributed by atoms with E-state index in [0.29, 0.717) is 17.1 Å². The zero-order chi connectivity index (χ0) is 13.9. The Hall–Kier alpha value is -0.430. The van der Waals surface area contributed by atoms with Gasteiger partial charge in [0, 0.05) is 19.3 Å². The molecule has 0 atom stereocenters. The molecular weight excluding hydrogens is 292 g/mol. The molecule has 0 radical (unpaired) electrons. The molecule has 1 rings (SSSR count). The average molecular weight is 309 g/mol. The number of rotatable bonds is 5. The van der Waals surface area contributed by atoms with Crippen molar-refractivity contribution in [3.05, 3.63) is 22.7 Å². The van der Waals surface area contributed by atoms with Crippen LogP contribution >= 0.6 is 23.4 Å². The smallest absolute Gasteiger partial charge is 0.243 e. The van der Waals surface area contributed by atoms with Gasteiger partial charge in [-0.15, -0.1) is 0 Å². The number of benzene rings is 1. The largest absolute Gasteiger partial charge is 0.397 e. The minimum Gasteiger partial charge on any atom is -0.397 e. The Bertz CT molecular complexity index is 532. The van der Waals surface area contributed by atoms with Gasteiger partial charge in [0.2, 0.25) is 10.0 Å². The van der Waals surface area contributed by atoms with Crippen molar-refractivity contribution in [2.45, 2.75) is 11.8 Å². The van der Waals surface area contributed by atoms with Gasteiger partial charge >= 0.3 is 0 Å². The second-order valence-corrected chi connectivity index (χ2v) is 7.36. The molecule has 7 heteroatoms. The first-order chi connectivity index (χ1) is 8.30. The maximum Gasteiger partial charge on any atom is 0.243 e. The van der Waals surface area contributed by atoms with Gasteiger partial charge in [0.25, 0.3) is 0 Å². The highest BCUT2D eigenvalue weighted by molar-refractivity contribution is 7.98. The topological polar surface area (TPSA) is 63.4 Å². The third-order valence-corrected chi connectivity index (χ3v) is 5.51. The number of nitrogen functional groups attached to an aromatic ring is 1. The predicted octanol–water partition coefficient (Wildman–Crippen LogP) is 2.21. The highest BCUT2D eigenvalue weighted by Gasteiger charge is 2.23. The van der Waals surface area contributed by atoms with Crippen LogP contribution in [0.4, 0.5) is 5.69 Å². The van der Waals surface area contributed by atoms with Crippen LogP contribution in [0.1, 0.15) is 5.56 Å². The van der Waals surface area contributed by atoms with Gasteiger partial charge in [-0.25, -0.2) is 12.7 Å². The van der Waals surface area contributed by atoms with E-state index < -0.39 is 10.0 Å². The molecule has 0 heterocycles. The number of anilines is 1. The molecule has 0 aliphatic carbocycles. The molecule has 0 unspecified atom stereocenters. The molecule has 2 N–H and O–H groups in total. The van der Waals surface area contributed by atoms with Crippen molar-refractivity contribution < 1.29 is 8.42 Å². The number of thioether (sulfide) groups is 1. The lowest BCUT2D eigenvalue weighted by atomic mass is 10.2. The number of aryl methyl sites for hydroxylation is 1. The van der Waals surface area contributed by atoms with E-state index in [-0.39, 0.29) is 10.6 Å². The molecule has 0 saturated carbocycles. The van der Waals surface area contributed by atoms with E-state index in [0.717, 1.165) is 5.75 Å². The Labute approximate surface area is 118 Å². The highest BCUT2D eigenvalue weighted by atomic mass is 35.5. The van der Waals surface area contributed by atoms with Crippen molar-refractivity contribution in [1.82, 2.24) is 4.31 Å². The van der Waals surface area contributed by atoms with Crippen LogP contribution in [0.3, 0.4) is 0 Å². The highest BCUT2D eigenvalue weighted by Crippen LogP contribution is 2.27. The zero-order valence-electron chi connectivity index (χ0n) is 10.6. The van der Waals surface area contributed by atoms with Crippen LogP contribution in [0.15, 0.2) is 17.0 Å². The predicted molar refractivity (Wildman–Crippen MR) is 78.8 cm³/mol. The number of hydrogen-bond acceptors (Lipinski definition) is 4. The van der Waals surface area contributed by atoms with E-state index in [1.165, 1.54) is 10.4 Å². The molecule has 0 saturated heterocycles. The van der Waals surface area contributed by atoms with Crippen LogP contribution in [0.2, 0.25) is 5.02 Å². The fraction of sp³-hybridized carbons (Fsp3) is 0.455. The summed E-state index contributed by atoms with van der Waals surface area (Å²) in [5, 5.41) is 0.373. The second-order valence-electron chi connectivity index (χ2n) is 3.96. The summed E-state index contributed by atoms with van der Waals surface area (Å²) >= 11 is 7.46. The van der Waals surface area contributed by atoms with Crippen LogP contribution in [0.5, 0.6) is 0 Å². The maximum atomic E-state index is 12.3. The first kappa shape index (κ1) is 15.6. The number of nitrogens with two attached hydrogens (primary N) is 1. The summed E-state index contributed by atoms with van der Waals surface area (Å²) in [4.78, 5) is 0.216.